The van der Waals surface area contributed by atoms with E-state index >= 15 is 0 Å². The highest BCUT2D eigenvalue weighted by Gasteiger charge is 2.11. The highest BCUT2D eigenvalue weighted by molar-refractivity contribution is 5.48. The van der Waals surface area contributed by atoms with Crippen molar-refractivity contribution in [1.29, 1.82) is 0 Å². The number of likely N-dealkylation sites (N-methyl/N-ethyl adjacent to an activating group) is 1. The molecule has 0 fully saturated rings. The Kier molecular flexibility index (Phi) is 9.60. The third-order valence-corrected chi connectivity index (χ3v) is 4.39. The Hall–Kier alpha value is -2.20. The fourth-order valence-electron chi connectivity index (χ4n) is 2.98. The van der Waals surface area contributed by atoms with E-state index in [4.69, 9.17) is 5.73 Å². The van der Waals surface area contributed by atoms with E-state index in [1.54, 1.807) is 6.20 Å². The van der Waals surface area contributed by atoms with Crippen LogP contribution in [0.2, 0.25) is 0 Å². The van der Waals surface area contributed by atoms with E-state index in [1.165, 1.54) is 11.3 Å². The molecule has 26 heavy (non-hydrogen) atoms. The zero-order valence-corrected chi connectivity index (χ0v) is 17.1. The summed E-state index contributed by atoms with van der Waals surface area (Å²) in [5, 5.41) is 3.23. The Morgan fingerprint density at radius 3 is 2.65 bits per heavy atom. The number of benzene rings is 1. The minimum absolute atomic E-state index is 0.299. The number of nitrogens with one attached hydrogen (secondary N) is 1. The molecular formula is C22H36N4. The van der Waals surface area contributed by atoms with Gasteiger partial charge in [0.05, 0.1) is 0 Å². The van der Waals surface area contributed by atoms with Crippen LogP contribution in [0.1, 0.15) is 26.3 Å². The second-order valence-corrected chi connectivity index (χ2v) is 7.11. The number of hydrogen-bond acceptors (Lipinski definition) is 4. The number of nitrogens with zero attached hydrogens (tertiary/aromatic N) is 2. The summed E-state index contributed by atoms with van der Waals surface area (Å²) in [6, 6.07) is 9.12. The first-order chi connectivity index (χ1) is 12.4. The molecule has 4 heteroatoms. The average Bonchev–Trinajstić information content (AvgIpc) is 2.59. The van der Waals surface area contributed by atoms with Crippen molar-refractivity contribution < 1.29 is 0 Å². The first kappa shape index (κ1) is 21.8. The smallest absolute Gasteiger partial charge is 0.0367 e. The predicted octanol–water partition coefficient (Wildman–Crippen LogP) is 3.73. The lowest BCUT2D eigenvalue weighted by Gasteiger charge is -2.25. The van der Waals surface area contributed by atoms with E-state index in [-0.39, 0.29) is 0 Å². The van der Waals surface area contributed by atoms with Crippen LogP contribution in [0.4, 0.5) is 5.69 Å². The summed E-state index contributed by atoms with van der Waals surface area (Å²) in [5.74, 6) is 0.299. The summed E-state index contributed by atoms with van der Waals surface area (Å²) in [7, 11) is 4.27. The summed E-state index contributed by atoms with van der Waals surface area (Å²) >= 11 is 0. The molecule has 0 radical (unpaired) electrons. The van der Waals surface area contributed by atoms with Crippen LogP contribution in [0.15, 0.2) is 61.0 Å². The van der Waals surface area contributed by atoms with Crippen molar-refractivity contribution in [3.8, 4) is 0 Å². The van der Waals surface area contributed by atoms with Crippen LogP contribution in [0.3, 0.4) is 0 Å². The minimum atomic E-state index is 0.299. The molecule has 1 aromatic rings. The lowest BCUT2D eigenvalue weighted by atomic mass is 10.1. The molecule has 0 aliphatic carbocycles. The maximum atomic E-state index is 6.16. The number of rotatable bonds is 11. The van der Waals surface area contributed by atoms with Gasteiger partial charge in [-0.2, -0.15) is 0 Å². The van der Waals surface area contributed by atoms with Gasteiger partial charge in [-0.25, -0.2) is 0 Å². The van der Waals surface area contributed by atoms with Crippen molar-refractivity contribution in [1.82, 2.24) is 10.2 Å². The van der Waals surface area contributed by atoms with E-state index in [1.807, 2.05) is 25.2 Å². The fourth-order valence-corrected chi connectivity index (χ4v) is 2.98. The van der Waals surface area contributed by atoms with Crippen molar-refractivity contribution in [3.05, 3.63) is 66.5 Å². The van der Waals surface area contributed by atoms with Crippen LogP contribution in [0, 0.1) is 5.92 Å². The van der Waals surface area contributed by atoms with Crippen molar-refractivity contribution in [3.63, 3.8) is 0 Å². The summed E-state index contributed by atoms with van der Waals surface area (Å²) < 4.78 is 0. The Labute approximate surface area is 160 Å². The fraction of sp³-hybridized carbons (Fsp3) is 0.455. The standard InChI is InChI=1S/C22H36N4/c1-7-9-13-22(23)18(3)15-26(6)21-12-10-11-20(14-21)17-25(5)16-19(4)24-8-2/h7-14,18-19,24H,2,15-17,23H2,1,3-6H3/b9-7-,22-13+. The molecule has 0 saturated heterocycles. The molecule has 0 spiro atoms. The molecule has 0 aromatic heterocycles. The number of hydrogen-bond donors (Lipinski definition) is 2. The minimum Gasteiger partial charge on any atom is -0.402 e. The predicted molar refractivity (Wildman–Crippen MR) is 115 cm³/mol. The van der Waals surface area contributed by atoms with Gasteiger partial charge in [-0.05, 0) is 50.9 Å². The van der Waals surface area contributed by atoms with E-state index in [0.29, 0.717) is 12.0 Å². The van der Waals surface area contributed by atoms with Crippen LogP contribution < -0.4 is 16.0 Å². The Balaban J connectivity index is 2.68. The molecule has 0 bridgehead atoms. The van der Waals surface area contributed by atoms with Gasteiger partial charge in [-0.3, -0.25) is 0 Å². The van der Waals surface area contributed by atoms with Crippen molar-refractivity contribution >= 4 is 5.69 Å². The first-order valence-electron chi connectivity index (χ1n) is 9.31. The van der Waals surface area contributed by atoms with Gasteiger partial charge in [-0.1, -0.05) is 37.8 Å². The third kappa shape index (κ3) is 7.79. The van der Waals surface area contributed by atoms with Crippen LogP contribution in [-0.2, 0) is 6.54 Å². The molecular weight excluding hydrogens is 320 g/mol. The number of allylic oxidation sites excluding steroid dienone is 3. The third-order valence-electron chi connectivity index (χ3n) is 4.39. The van der Waals surface area contributed by atoms with Gasteiger partial charge in [0.1, 0.15) is 0 Å². The Bertz CT molecular complexity index is 606. The number of nitrogens with two attached hydrogens (primary N) is 1. The molecule has 1 aromatic carbocycles. The average molecular weight is 357 g/mol. The summed E-state index contributed by atoms with van der Waals surface area (Å²) in [5.41, 5.74) is 9.61. The highest BCUT2D eigenvalue weighted by Crippen LogP contribution is 2.18. The molecule has 3 N–H and O–H groups in total. The molecule has 0 heterocycles. The molecule has 0 saturated carbocycles. The van der Waals surface area contributed by atoms with Gasteiger partial charge in [0.2, 0.25) is 0 Å². The maximum Gasteiger partial charge on any atom is 0.0367 e. The zero-order chi connectivity index (χ0) is 19.5. The van der Waals surface area contributed by atoms with Gasteiger partial charge in [0, 0.05) is 50.0 Å². The zero-order valence-electron chi connectivity index (χ0n) is 17.1. The van der Waals surface area contributed by atoms with E-state index in [0.717, 1.165) is 25.3 Å². The second-order valence-electron chi connectivity index (χ2n) is 7.11. The largest absolute Gasteiger partial charge is 0.402 e. The van der Waals surface area contributed by atoms with Crippen LogP contribution >= 0.6 is 0 Å². The van der Waals surface area contributed by atoms with E-state index in [9.17, 15) is 0 Å². The van der Waals surface area contributed by atoms with Crippen LogP contribution in [0.25, 0.3) is 0 Å². The van der Waals surface area contributed by atoms with Crippen molar-refractivity contribution in [2.24, 2.45) is 11.7 Å². The van der Waals surface area contributed by atoms with E-state index in [2.05, 4.69) is 73.9 Å². The Morgan fingerprint density at radius 2 is 2.00 bits per heavy atom. The first-order valence-corrected chi connectivity index (χ1v) is 9.31. The molecule has 0 aliphatic rings. The quantitative estimate of drug-likeness (QED) is 0.593. The second kappa shape index (κ2) is 11.4. The van der Waals surface area contributed by atoms with Gasteiger partial charge >= 0.3 is 0 Å². The summed E-state index contributed by atoms with van der Waals surface area (Å²) in [4.78, 5) is 4.59. The van der Waals surface area contributed by atoms with E-state index < -0.39 is 0 Å². The molecule has 1 rings (SSSR count). The molecule has 0 aliphatic heterocycles. The van der Waals surface area contributed by atoms with Crippen molar-refractivity contribution in [2.45, 2.75) is 33.4 Å². The topological polar surface area (TPSA) is 44.5 Å². The van der Waals surface area contributed by atoms with Gasteiger partial charge in [0.25, 0.3) is 0 Å². The lowest BCUT2D eigenvalue weighted by molar-refractivity contribution is 0.299. The maximum absolute atomic E-state index is 6.16. The number of anilines is 1. The molecule has 4 nitrogen and oxygen atoms in total. The summed E-state index contributed by atoms with van der Waals surface area (Å²) in [6.07, 6.45) is 7.73. The molecule has 144 valence electrons. The SMILES string of the molecule is C=CNC(C)CN(C)Cc1cccc(N(C)CC(C)/C(N)=C\C=C/C)c1. The van der Waals surface area contributed by atoms with Gasteiger partial charge in [0.15, 0.2) is 0 Å². The molecule has 0 amide bonds. The lowest BCUT2D eigenvalue weighted by Crippen LogP contribution is -2.34. The Morgan fingerprint density at radius 1 is 1.27 bits per heavy atom. The van der Waals surface area contributed by atoms with Crippen LogP contribution in [0.5, 0.6) is 0 Å². The molecule has 2 unspecified atom stereocenters. The van der Waals surface area contributed by atoms with Gasteiger partial charge in [-0.15, -0.1) is 0 Å². The van der Waals surface area contributed by atoms with Crippen molar-refractivity contribution in [2.75, 3.05) is 32.1 Å². The van der Waals surface area contributed by atoms with Crippen LogP contribution in [-0.4, -0.2) is 38.1 Å². The summed E-state index contributed by atoms with van der Waals surface area (Å²) in [6.45, 7) is 12.8. The van der Waals surface area contributed by atoms with Gasteiger partial charge < -0.3 is 20.9 Å². The normalized spacial score (nSPS) is 14.5. The molecule has 2 atom stereocenters. The monoisotopic (exact) mass is 356 g/mol. The highest BCUT2D eigenvalue weighted by atomic mass is 15.1.